The van der Waals surface area contributed by atoms with Gasteiger partial charge in [-0.15, -0.1) is 0 Å². The number of hydrogen-bond donors (Lipinski definition) is 0. The first-order chi connectivity index (χ1) is 5.79. The van der Waals surface area contributed by atoms with Crippen LogP contribution in [-0.2, 0) is 6.54 Å². The Bertz CT molecular complexity index is 243. The van der Waals surface area contributed by atoms with Crippen molar-refractivity contribution in [3.05, 3.63) is 18.2 Å². The van der Waals surface area contributed by atoms with E-state index in [-0.39, 0.29) is 0 Å². The van der Waals surface area contributed by atoms with Crippen molar-refractivity contribution in [1.29, 1.82) is 0 Å². The summed E-state index contributed by atoms with van der Waals surface area (Å²) >= 11 is 0. The Kier molecular flexibility index (Phi) is 3.14. The highest BCUT2D eigenvalue weighted by Gasteiger charge is 2.10. The van der Waals surface area contributed by atoms with Crippen molar-refractivity contribution in [1.82, 2.24) is 4.73 Å². The van der Waals surface area contributed by atoms with E-state index in [0.717, 1.165) is 25.4 Å². The molecule has 0 aliphatic carbocycles. The van der Waals surface area contributed by atoms with Crippen molar-refractivity contribution >= 4 is 0 Å². The molecule has 0 bridgehead atoms. The molecule has 0 saturated heterocycles. The average molecular weight is 169 g/mol. The van der Waals surface area contributed by atoms with Gasteiger partial charge in [0.25, 0.3) is 5.82 Å². The first-order valence-corrected chi connectivity index (χ1v) is 4.50. The van der Waals surface area contributed by atoms with Crippen LogP contribution in [0.4, 0.5) is 0 Å². The monoisotopic (exact) mass is 169 g/mol. The Morgan fingerprint density at radius 2 is 2.25 bits per heavy atom. The van der Waals surface area contributed by atoms with Crippen LogP contribution in [0.25, 0.3) is 0 Å². The zero-order chi connectivity index (χ0) is 8.97. The maximum atomic E-state index is 5.46. The van der Waals surface area contributed by atoms with Crippen LogP contribution in [0.1, 0.15) is 26.1 Å². The van der Waals surface area contributed by atoms with Gasteiger partial charge in [0, 0.05) is 6.92 Å². The summed E-state index contributed by atoms with van der Waals surface area (Å²) in [6.07, 6.45) is 5.03. The lowest BCUT2D eigenvalue weighted by Crippen LogP contribution is -2.34. The van der Waals surface area contributed by atoms with Crippen molar-refractivity contribution in [2.24, 2.45) is 0 Å². The number of rotatable bonds is 4. The van der Waals surface area contributed by atoms with Crippen LogP contribution in [0.15, 0.2) is 12.4 Å². The van der Waals surface area contributed by atoms with E-state index < -0.39 is 0 Å². The Hall–Kier alpha value is -0.990. The van der Waals surface area contributed by atoms with Gasteiger partial charge in [-0.2, -0.15) is 0 Å². The molecular formula is C9H17N2O+. The summed E-state index contributed by atoms with van der Waals surface area (Å²) in [5.74, 6) is 1.14. The molecule has 0 unspecified atom stereocenters. The molecule has 68 valence electrons. The van der Waals surface area contributed by atoms with Gasteiger partial charge in [0.2, 0.25) is 0 Å². The fourth-order valence-electron chi connectivity index (χ4n) is 1.14. The molecule has 0 N–H and O–H groups in total. The summed E-state index contributed by atoms with van der Waals surface area (Å²) in [5.41, 5.74) is 0. The van der Waals surface area contributed by atoms with Gasteiger partial charge in [0.05, 0.1) is 6.54 Å². The predicted octanol–water partition coefficient (Wildman–Crippen LogP) is 0.943. The van der Waals surface area contributed by atoms with Gasteiger partial charge < -0.3 is 4.84 Å². The molecule has 1 aromatic rings. The Morgan fingerprint density at radius 3 is 2.75 bits per heavy atom. The van der Waals surface area contributed by atoms with E-state index >= 15 is 0 Å². The maximum Gasteiger partial charge on any atom is 0.293 e. The maximum absolute atomic E-state index is 5.46. The van der Waals surface area contributed by atoms with E-state index in [1.165, 1.54) is 0 Å². The van der Waals surface area contributed by atoms with Gasteiger partial charge in [0.15, 0.2) is 6.20 Å². The minimum absolute atomic E-state index is 0.777. The second-order valence-electron chi connectivity index (χ2n) is 2.79. The largest absolute Gasteiger partial charge is 0.336 e. The van der Waals surface area contributed by atoms with Gasteiger partial charge >= 0.3 is 0 Å². The van der Waals surface area contributed by atoms with Crippen LogP contribution in [0.3, 0.4) is 0 Å². The van der Waals surface area contributed by atoms with Crippen molar-refractivity contribution < 1.29 is 9.40 Å². The lowest BCUT2D eigenvalue weighted by molar-refractivity contribution is -0.700. The molecule has 0 aliphatic heterocycles. The Labute approximate surface area is 73.5 Å². The Morgan fingerprint density at radius 1 is 1.50 bits per heavy atom. The van der Waals surface area contributed by atoms with Gasteiger partial charge in [0.1, 0.15) is 12.8 Å². The minimum Gasteiger partial charge on any atom is -0.336 e. The third kappa shape index (κ3) is 1.78. The molecule has 0 fully saturated rings. The van der Waals surface area contributed by atoms with Gasteiger partial charge in [-0.3, -0.25) is 0 Å². The van der Waals surface area contributed by atoms with Crippen LogP contribution in [-0.4, -0.2) is 11.3 Å². The van der Waals surface area contributed by atoms with Gasteiger partial charge in [-0.05, 0) is 18.1 Å². The molecule has 1 heterocycles. The van der Waals surface area contributed by atoms with Crippen molar-refractivity contribution in [2.75, 3.05) is 6.61 Å². The fraction of sp³-hybridized carbons (Fsp3) is 0.667. The standard InChI is InChI=1S/C9H17N2O/c1-4-8-12-11-7-6-10(5-2)9(11)3/h6-7H,4-5,8H2,1-3H3/q+1. The normalized spacial score (nSPS) is 10.2. The van der Waals surface area contributed by atoms with Crippen molar-refractivity contribution in [3.8, 4) is 0 Å². The molecule has 0 aromatic carbocycles. The number of aromatic nitrogens is 2. The highest BCUT2D eigenvalue weighted by Crippen LogP contribution is 1.90. The number of hydrogen-bond acceptors (Lipinski definition) is 1. The molecule has 3 heteroatoms. The quantitative estimate of drug-likeness (QED) is 0.613. The second-order valence-corrected chi connectivity index (χ2v) is 2.79. The highest BCUT2D eigenvalue weighted by molar-refractivity contribution is 4.75. The van der Waals surface area contributed by atoms with Crippen molar-refractivity contribution in [2.45, 2.75) is 33.7 Å². The summed E-state index contributed by atoms with van der Waals surface area (Å²) in [7, 11) is 0. The first kappa shape index (κ1) is 9.10. The fourth-order valence-corrected chi connectivity index (χ4v) is 1.14. The van der Waals surface area contributed by atoms with Crippen LogP contribution in [0.2, 0.25) is 0 Å². The van der Waals surface area contributed by atoms with E-state index in [4.69, 9.17) is 4.84 Å². The van der Waals surface area contributed by atoms with Crippen molar-refractivity contribution in [3.63, 3.8) is 0 Å². The van der Waals surface area contributed by atoms with Crippen LogP contribution < -0.4 is 9.40 Å². The molecule has 0 radical (unpaired) electrons. The average Bonchev–Trinajstić information content (AvgIpc) is 2.43. The van der Waals surface area contributed by atoms with E-state index in [0.29, 0.717) is 0 Å². The molecule has 1 aromatic heterocycles. The van der Waals surface area contributed by atoms with Crippen LogP contribution in [0, 0.1) is 6.92 Å². The number of imidazole rings is 1. The summed E-state index contributed by atoms with van der Waals surface area (Å²) in [6, 6.07) is 0. The summed E-state index contributed by atoms with van der Waals surface area (Å²) in [5, 5.41) is 0. The van der Waals surface area contributed by atoms with Gasteiger partial charge in [-0.1, -0.05) is 6.92 Å². The summed E-state index contributed by atoms with van der Waals surface area (Å²) in [6.45, 7) is 8.05. The third-order valence-electron chi connectivity index (χ3n) is 1.89. The molecular weight excluding hydrogens is 152 g/mol. The third-order valence-corrected chi connectivity index (χ3v) is 1.89. The number of nitrogens with zero attached hydrogens (tertiary/aromatic N) is 2. The molecule has 0 aliphatic rings. The molecule has 3 nitrogen and oxygen atoms in total. The summed E-state index contributed by atoms with van der Waals surface area (Å²) < 4.78 is 3.97. The minimum atomic E-state index is 0.777. The van der Waals surface area contributed by atoms with Gasteiger partial charge in [-0.25, -0.2) is 4.57 Å². The van der Waals surface area contributed by atoms with E-state index in [9.17, 15) is 0 Å². The second kappa shape index (κ2) is 4.14. The number of aryl methyl sites for hydroxylation is 1. The molecule has 0 atom stereocenters. The van der Waals surface area contributed by atoms with Crippen LogP contribution in [0.5, 0.6) is 0 Å². The van der Waals surface area contributed by atoms with Crippen LogP contribution >= 0.6 is 0 Å². The smallest absolute Gasteiger partial charge is 0.293 e. The van der Waals surface area contributed by atoms with E-state index in [1.807, 2.05) is 17.1 Å². The summed E-state index contributed by atoms with van der Waals surface area (Å²) in [4.78, 5) is 5.46. The highest BCUT2D eigenvalue weighted by atomic mass is 16.7. The predicted molar refractivity (Wildman–Crippen MR) is 46.8 cm³/mol. The topological polar surface area (TPSA) is 18.0 Å². The Balaban J connectivity index is 2.66. The van der Waals surface area contributed by atoms with E-state index in [2.05, 4.69) is 25.3 Å². The lowest BCUT2D eigenvalue weighted by Gasteiger charge is -1.98. The first-order valence-electron chi connectivity index (χ1n) is 4.50. The SMILES string of the molecule is CCCOn1cc[n+](CC)c1C. The molecule has 0 saturated carbocycles. The van der Waals surface area contributed by atoms with E-state index in [1.54, 1.807) is 0 Å². The molecule has 0 spiro atoms. The zero-order valence-corrected chi connectivity index (χ0v) is 8.08. The molecule has 1 rings (SSSR count). The lowest BCUT2D eigenvalue weighted by atomic mass is 10.5. The molecule has 12 heavy (non-hydrogen) atoms. The zero-order valence-electron chi connectivity index (χ0n) is 8.08. The molecule has 0 amide bonds.